The first-order valence-corrected chi connectivity index (χ1v) is 21.4. The standard InChI is InChI=1S/C58H36N4/c1-5-17-39(18-6-1)59(40-19-7-2-8-20-40)51-31-29-43-47-33-37-36-54-48(34-38(37)35-53(47)61-49-27-15-13-25-45(49)55(51)57(43)61)44-30-32-52(56-46-26-14-16-28-50(46)62(54)58(44)56)60(41-21-9-3-10-22-41)42-23-11-4-12-24-42/h1-36H. The van der Waals surface area contributed by atoms with Crippen molar-refractivity contribution in [3.63, 3.8) is 0 Å². The Kier molecular flexibility index (Phi) is 6.80. The van der Waals surface area contributed by atoms with Gasteiger partial charge in [0.2, 0.25) is 0 Å². The van der Waals surface area contributed by atoms with Crippen molar-refractivity contribution >= 4 is 121 Å². The summed E-state index contributed by atoms with van der Waals surface area (Å²) in [6, 6.07) is 80.0. The maximum Gasteiger partial charge on any atom is 0.0641 e. The molecule has 14 rings (SSSR count). The van der Waals surface area contributed by atoms with Crippen LogP contribution >= 0.6 is 0 Å². The van der Waals surface area contributed by atoms with Crippen LogP contribution in [-0.2, 0) is 0 Å². The van der Waals surface area contributed by atoms with Gasteiger partial charge in [-0.25, -0.2) is 0 Å². The van der Waals surface area contributed by atoms with Gasteiger partial charge in [-0.15, -0.1) is 0 Å². The molecular weight excluding hydrogens is 753 g/mol. The molecule has 0 spiro atoms. The van der Waals surface area contributed by atoms with Crippen LogP contribution in [-0.4, -0.2) is 8.80 Å². The Morgan fingerprint density at radius 1 is 0.258 bits per heavy atom. The van der Waals surface area contributed by atoms with Crippen molar-refractivity contribution in [2.24, 2.45) is 0 Å². The van der Waals surface area contributed by atoms with Gasteiger partial charge in [-0.2, -0.15) is 0 Å². The van der Waals surface area contributed by atoms with E-state index < -0.39 is 0 Å². The van der Waals surface area contributed by atoms with Crippen molar-refractivity contribution in [1.29, 1.82) is 0 Å². The topological polar surface area (TPSA) is 15.3 Å². The molecule has 14 aromatic rings. The van der Waals surface area contributed by atoms with Crippen LogP contribution in [0.5, 0.6) is 0 Å². The van der Waals surface area contributed by atoms with Crippen molar-refractivity contribution in [3.8, 4) is 0 Å². The van der Waals surface area contributed by atoms with E-state index in [1.165, 1.54) is 98.3 Å². The normalized spacial score (nSPS) is 12.2. The van der Waals surface area contributed by atoms with Crippen molar-refractivity contribution in [1.82, 2.24) is 8.80 Å². The number of rotatable bonds is 6. The molecule has 4 heterocycles. The van der Waals surface area contributed by atoms with Crippen LogP contribution in [0.2, 0.25) is 0 Å². The number of para-hydroxylation sites is 6. The van der Waals surface area contributed by atoms with E-state index in [0.717, 1.165) is 22.7 Å². The summed E-state index contributed by atoms with van der Waals surface area (Å²) in [5.74, 6) is 0. The summed E-state index contributed by atoms with van der Waals surface area (Å²) >= 11 is 0. The van der Waals surface area contributed by atoms with Gasteiger partial charge in [-0.05, 0) is 108 Å². The van der Waals surface area contributed by atoms with Gasteiger partial charge in [-0.3, -0.25) is 0 Å². The minimum Gasteiger partial charge on any atom is -0.310 e. The highest BCUT2D eigenvalue weighted by Crippen LogP contribution is 2.50. The summed E-state index contributed by atoms with van der Waals surface area (Å²) < 4.78 is 5.04. The molecule has 0 aliphatic carbocycles. The maximum absolute atomic E-state index is 2.52. The predicted molar refractivity (Wildman–Crippen MR) is 263 cm³/mol. The number of aromatic nitrogens is 2. The van der Waals surface area contributed by atoms with Gasteiger partial charge in [0.1, 0.15) is 0 Å². The largest absolute Gasteiger partial charge is 0.310 e. The molecule has 4 heteroatoms. The van der Waals surface area contributed by atoms with E-state index in [9.17, 15) is 0 Å². The number of benzene rings is 10. The van der Waals surface area contributed by atoms with Gasteiger partial charge in [0, 0.05) is 65.8 Å². The lowest BCUT2D eigenvalue weighted by atomic mass is 10.00. The van der Waals surface area contributed by atoms with Gasteiger partial charge in [0.25, 0.3) is 0 Å². The maximum atomic E-state index is 2.52. The van der Waals surface area contributed by atoms with Gasteiger partial charge >= 0.3 is 0 Å². The summed E-state index contributed by atoms with van der Waals surface area (Å²) in [6.45, 7) is 0. The molecule has 4 aromatic heterocycles. The quantitative estimate of drug-likeness (QED) is 0.167. The summed E-state index contributed by atoms with van der Waals surface area (Å²) in [6.07, 6.45) is 0. The van der Waals surface area contributed by atoms with Crippen LogP contribution < -0.4 is 9.80 Å². The minimum atomic E-state index is 1.13. The van der Waals surface area contributed by atoms with Crippen LogP contribution in [0.4, 0.5) is 34.1 Å². The lowest BCUT2D eigenvalue weighted by molar-refractivity contribution is 1.30. The molecule has 0 unspecified atom stereocenters. The van der Waals surface area contributed by atoms with E-state index in [4.69, 9.17) is 0 Å². The third-order valence-corrected chi connectivity index (χ3v) is 13.3. The second-order valence-electron chi connectivity index (χ2n) is 16.5. The molecule has 62 heavy (non-hydrogen) atoms. The molecule has 0 saturated carbocycles. The summed E-state index contributed by atoms with van der Waals surface area (Å²) in [5, 5.41) is 12.6. The number of hydrogen-bond donors (Lipinski definition) is 0. The third kappa shape index (κ3) is 4.50. The lowest BCUT2D eigenvalue weighted by Crippen LogP contribution is -2.10. The van der Waals surface area contributed by atoms with E-state index >= 15 is 0 Å². The Morgan fingerprint density at radius 3 is 0.968 bits per heavy atom. The summed E-state index contributed by atoms with van der Waals surface area (Å²) in [4.78, 5) is 4.81. The molecular formula is C58H36N4. The van der Waals surface area contributed by atoms with Gasteiger partial charge in [0.15, 0.2) is 0 Å². The van der Waals surface area contributed by atoms with Crippen molar-refractivity contribution in [2.45, 2.75) is 0 Å². The fourth-order valence-electron chi connectivity index (χ4n) is 10.8. The van der Waals surface area contributed by atoms with Gasteiger partial charge < -0.3 is 18.6 Å². The SMILES string of the molecule is c1ccc(N(c2ccccc2)c2ccc3c4cc5cc6c(cc5cc4n4c5ccccc5c2c34)c2ccc(N(c3ccccc3)c3ccccc3)c3c4ccccc4n6c23)cc1. The highest BCUT2D eigenvalue weighted by atomic mass is 15.2. The van der Waals surface area contributed by atoms with Crippen LogP contribution in [0, 0.1) is 0 Å². The zero-order chi connectivity index (χ0) is 40.5. The highest BCUT2D eigenvalue weighted by molar-refractivity contribution is 6.31. The molecule has 0 atom stereocenters. The first-order chi connectivity index (χ1) is 30.8. The molecule has 288 valence electrons. The van der Waals surface area contributed by atoms with Gasteiger partial charge in [-0.1, -0.05) is 121 Å². The zero-order valence-electron chi connectivity index (χ0n) is 33.6. The van der Waals surface area contributed by atoms with E-state index in [-0.39, 0.29) is 0 Å². The molecule has 0 bridgehead atoms. The number of fused-ring (bicyclic) bond motifs is 13. The number of anilines is 6. The average Bonchev–Trinajstić information content (AvgIpc) is 4.06. The molecule has 0 saturated heterocycles. The number of hydrogen-bond acceptors (Lipinski definition) is 2. The van der Waals surface area contributed by atoms with Crippen LogP contribution in [0.3, 0.4) is 0 Å². The lowest BCUT2D eigenvalue weighted by Gasteiger charge is -2.26. The fourth-order valence-corrected chi connectivity index (χ4v) is 10.8. The van der Waals surface area contributed by atoms with E-state index in [1.807, 2.05) is 0 Å². The van der Waals surface area contributed by atoms with Crippen LogP contribution in [0.25, 0.3) is 87.0 Å². The minimum absolute atomic E-state index is 1.13. The zero-order valence-corrected chi connectivity index (χ0v) is 33.6. The monoisotopic (exact) mass is 788 g/mol. The highest BCUT2D eigenvalue weighted by Gasteiger charge is 2.26. The van der Waals surface area contributed by atoms with E-state index in [0.29, 0.717) is 0 Å². The van der Waals surface area contributed by atoms with Gasteiger partial charge in [0.05, 0.1) is 44.5 Å². The first-order valence-electron chi connectivity index (χ1n) is 21.4. The number of nitrogens with zero attached hydrogens (tertiary/aromatic N) is 4. The van der Waals surface area contributed by atoms with E-state index in [2.05, 4.69) is 237 Å². The first kappa shape index (κ1) is 33.5. The molecule has 10 aromatic carbocycles. The third-order valence-electron chi connectivity index (χ3n) is 13.3. The summed E-state index contributed by atoms with van der Waals surface area (Å²) in [5.41, 5.74) is 14.3. The molecule has 0 N–H and O–H groups in total. The second kappa shape index (κ2) is 12.6. The van der Waals surface area contributed by atoms with Crippen molar-refractivity contribution in [3.05, 3.63) is 218 Å². The van der Waals surface area contributed by atoms with Crippen LogP contribution in [0.15, 0.2) is 218 Å². The molecule has 0 radical (unpaired) electrons. The van der Waals surface area contributed by atoms with Crippen molar-refractivity contribution < 1.29 is 0 Å². The Morgan fingerprint density at radius 2 is 0.597 bits per heavy atom. The Labute approximate surface area is 356 Å². The molecule has 0 aliphatic heterocycles. The fraction of sp³-hybridized carbons (Fsp3) is 0. The smallest absolute Gasteiger partial charge is 0.0641 e. The van der Waals surface area contributed by atoms with Crippen LogP contribution in [0.1, 0.15) is 0 Å². The van der Waals surface area contributed by atoms with E-state index in [1.54, 1.807) is 0 Å². The second-order valence-corrected chi connectivity index (χ2v) is 16.5. The molecule has 0 amide bonds. The van der Waals surface area contributed by atoms with Crippen molar-refractivity contribution in [2.75, 3.05) is 9.80 Å². The Hall–Kier alpha value is -8.34. The molecule has 4 nitrogen and oxygen atoms in total. The summed E-state index contributed by atoms with van der Waals surface area (Å²) in [7, 11) is 0. The molecule has 0 aliphatic rings. The molecule has 0 fully saturated rings. The Bertz CT molecular complexity index is 3680. The average molecular weight is 789 g/mol. The predicted octanol–water partition coefficient (Wildman–Crippen LogP) is 16.1. The Balaban J connectivity index is 1.05.